The van der Waals surface area contributed by atoms with Gasteiger partial charge in [0.15, 0.2) is 4.75 Å². The maximum Gasteiger partial charge on any atom is 0.471 e. The molecule has 2 N–H and O–H groups in total. The highest BCUT2D eigenvalue weighted by atomic mass is 32.2. The molecule has 2 fully saturated rings. The van der Waals surface area contributed by atoms with Crippen LogP contribution in [0.1, 0.15) is 44.6 Å². The number of alkyl halides is 3. The van der Waals surface area contributed by atoms with Crippen molar-refractivity contribution in [3.63, 3.8) is 0 Å². The van der Waals surface area contributed by atoms with Crippen LogP contribution in [0, 0.1) is 0 Å². The molecule has 2 aliphatic rings. The first kappa shape index (κ1) is 28.2. The Labute approximate surface area is 209 Å². The molecule has 0 aliphatic carbocycles. The number of piperazine rings is 1. The van der Waals surface area contributed by atoms with Crippen LogP contribution in [0.2, 0.25) is 0 Å². The van der Waals surface area contributed by atoms with E-state index in [0.29, 0.717) is 18.0 Å². The van der Waals surface area contributed by atoms with Crippen molar-refractivity contribution in [1.29, 1.82) is 0 Å². The number of unbranched alkanes of at least 4 members (excludes halogenated alkanes) is 2. The summed E-state index contributed by atoms with van der Waals surface area (Å²) < 4.78 is 64.5. The highest BCUT2D eigenvalue weighted by Crippen LogP contribution is 2.36. The average Bonchev–Trinajstić information content (AvgIpc) is 2.88. The number of nitrogens with zero attached hydrogens (tertiary/aromatic N) is 3. The lowest BCUT2D eigenvalue weighted by atomic mass is 9.95. The SMILES string of the molecule is CCCCCc1ccc(N2CCN(S(=O)(=O)C3(C(=O)NO)CCN(C(=O)C(F)(F)F)CC3)CC2)cc1. The Morgan fingerprint density at radius 2 is 1.58 bits per heavy atom. The molecule has 0 aromatic heterocycles. The molecule has 13 heteroatoms. The summed E-state index contributed by atoms with van der Waals surface area (Å²) in [6.45, 7) is 1.89. The van der Waals surface area contributed by atoms with E-state index < -0.39 is 58.7 Å². The third-order valence-electron chi connectivity index (χ3n) is 7.06. The number of amides is 2. The van der Waals surface area contributed by atoms with Gasteiger partial charge in [0.1, 0.15) is 0 Å². The zero-order chi connectivity index (χ0) is 26.6. The Balaban J connectivity index is 1.68. The summed E-state index contributed by atoms with van der Waals surface area (Å²) in [6.07, 6.45) is -1.76. The second-order valence-corrected chi connectivity index (χ2v) is 11.5. The van der Waals surface area contributed by atoms with Crippen LogP contribution >= 0.6 is 0 Å². The lowest BCUT2D eigenvalue weighted by molar-refractivity contribution is -0.186. The number of sulfonamides is 1. The Hall–Kier alpha value is -2.38. The highest BCUT2D eigenvalue weighted by Gasteiger charge is 2.56. The molecular weight excluding hydrogens is 501 g/mol. The molecule has 0 saturated carbocycles. The van der Waals surface area contributed by atoms with Crippen molar-refractivity contribution < 1.29 is 36.4 Å². The van der Waals surface area contributed by atoms with Crippen LogP contribution in [0.5, 0.6) is 0 Å². The minimum atomic E-state index is -5.10. The highest BCUT2D eigenvalue weighted by molar-refractivity contribution is 7.91. The fourth-order valence-electron chi connectivity index (χ4n) is 4.84. The van der Waals surface area contributed by atoms with Gasteiger partial charge in [-0.05, 0) is 43.4 Å². The molecule has 2 saturated heterocycles. The van der Waals surface area contributed by atoms with Crippen molar-refractivity contribution in [2.75, 3.05) is 44.2 Å². The number of piperidine rings is 1. The number of hydrogen-bond acceptors (Lipinski definition) is 6. The molecule has 3 rings (SSSR count). The lowest BCUT2D eigenvalue weighted by Gasteiger charge is -2.44. The molecule has 36 heavy (non-hydrogen) atoms. The number of carbonyl (C=O) groups excluding carboxylic acids is 2. The fourth-order valence-corrected chi connectivity index (χ4v) is 6.96. The molecule has 0 atom stereocenters. The van der Waals surface area contributed by atoms with Gasteiger partial charge in [0, 0.05) is 45.0 Å². The molecular formula is C23H33F3N4O5S. The van der Waals surface area contributed by atoms with Crippen LogP contribution in [-0.4, -0.2) is 84.8 Å². The van der Waals surface area contributed by atoms with Gasteiger partial charge in [-0.15, -0.1) is 0 Å². The first-order valence-electron chi connectivity index (χ1n) is 12.1. The number of hydroxylamine groups is 1. The van der Waals surface area contributed by atoms with E-state index in [1.807, 2.05) is 17.0 Å². The monoisotopic (exact) mass is 534 g/mol. The number of anilines is 1. The fraction of sp³-hybridized carbons (Fsp3) is 0.652. The zero-order valence-corrected chi connectivity index (χ0v) is 21.1. The van der Waals surface area contributed by atoms with Crippen molar-refractivity contribution >= 4 is 27.5 Å². The molecule has 0 spiro atoms. The number of aryl methyl sites for hydroxylation is 1. The number of carbonyl (C=O) groups is 2. The predicted octanol–water partition coefficient (Wildman–Crippen LogP) is 2.30. The summed E-state index contributed by atoms with van der Waals surface area (Å²) in [5.41, 5.74) is 3.56. The standard InChI is InChI=1S/C23H33F3N4O5S/c1-2-3-4-5-18-6-8-19(9-7-18)28-14-16-30(17-15-28)36(34,35)22(20(31)27-33)10-12-29(13-11-22)21(32)23(24,25)26/h6-9,33H,2-5,10-17H2,1H3,(H,27,31). The first-order valence-corrected chi connectivity index (χ1v) is 13.5. The third kappa shape index (κ3) is 5.78. The minimum absolute atomic E-state index is 0.0756. The number of nitrogens with one attached hydrogen (secondary N) is 1. The summed E-state index contributed by atoms with van der Waals surface area (Å²) in [4.78, 5) is 26.6. The van der Waals surface area contributed by atoms with Crippen molar-refractivity contribution in [1.82, 2.24) is 14.7 Å². The third-order valence-corrected chi connectivity index (χ3v) is 9.69. The smallest absolute Gasteiger partial charge is 0.369 e. The van der Waals surface area contributed by atoms with Gasteiger partial charge < -0.3 is 9.80 Å². The van der Waals surface area contributed by atoms with E-state index in [1.165, 1.54) is 17.5 Å². The summed E-state index contributed by atoms with van der Waals surface area (Å²) in [5, 5.41) is 9.25. The van der Waals surface area contributed by atoms with Gasteiger partial charge in [-0.1, -0.05) is 31.9 Å². The normalized spacial score (nSPS) is 19.2. The molecule has 0 radical (unpaired) electrons. The topological polar surface area (TPSA) is 110 Å². The number of halogens is 3. The largest absolute Gasteiger partial charge is 0.471 e. The van der Waals surface area contributed by atoms with Crippen molar-refractivity contribution in [3.05, 3.63) is 29.8 Å². The van der Waals surface area contributed by atoms with Gasteiger partial charge in [0.25, 0.3) is 5.91 Å². The van der Waals surface area contributed by atoms with E-state index in [0.717, 1.165) is 29.3 Å². The van der Waals surface area contributed by atoms with Gasteiger partial charge in [-0.3, -0.25) is 14.8 Å². The van der Waals surface area contributed by atoms with E-state index >= 15 is 0 Å². The summed E-state index contributed by atoms with van der Waals surface area (Å²) in [6, 6.07) is 8.12. The van der Waals surface area contributed by atoms with Crippen LogP contribution in [0.25, 0.3) is 0 Å². The average molecular weight is 535 g/mol. The number of rotatable bonds is 8. The quantitative estimate of drug-likeness (QED) is 0.301. The Morgan fingerprint density at radius 1 is 1.00 bits per heavy atom. The maximum absolute atomic E-state index is 13.6. The van der Waals surface area contributed by atoms with Gasteiger partial charge in [-0.25, -0.2) is 13.9 Å². The molecule has 0 bridgehead atoms. The van der Waals surface area contributed by atoms with Crippen molar-refractivity contribution in [2.45, 2.75) is 56.4 Å². The van der Waals surface area contributed by atoms with Crippen LogP contribution in [0.4, 0.5) is 18.9 Å². The second kappa shape index (κ2) is 11.3. The molecule has 1 aromatic rings. The molecule has 202 valence electrons. The van der Waals surface area contributed by atoms with Gasteiger partial charge in [0.2, 0.25) is 10.0 Å². The van der Waals surface area contributed by atoms with Crippen LogP contribution in [0.3, 0.4) is 0 Å². The van der Waals surface area contributed by atoms with E-state index in [4.69, 9.17) is 0 Å². The predicted molar refractivity (Wildman–Crippen MR) is 127 cm³/mol. The van der Waals surface area contributed by atoms with Crippen molar-refractivity contribution in [2.24, 2.45) is 0 Å². The summed E-state index contributed by atoms with van der Waals surface area (Å²) in [5.74, 6) is -3.29. The summed E-state index contributed by atoms with van der Waals surface area (Å²) in [7, 11) is -4.35. The molecule has 2 aliphatic heterocycles. The molecule has 0 unspecified atom stereocenters. The van der Waals surface area contributed by atoms with Gasteiger partial charge in [0.05, 0.1) is 0 Å². The maximum atomic E-state index is 13.6. The van der Waals surface area contributed by atoms with Crippen LogP contribution in [0.15, 0.2) is 24.3 Å². The molecule has 9 nitrogen and oxygen atoms in total. The first-order chi connectivity index (χ1) is 17.0. The molecule has 2 amide bonds. The summed E-state index contributed by atoms with van der Waals surface area (Å²) >= 11 is 0. The lowest BCUT2D eigenvalue weighted by Crippen LogP contribution is -2.64. The Kier molecular flexibility index (Phi) is 8.88. The zero-order valence-electron chi connectivity index (χ0n) is 20.3. The van der Waals surface area contributed by atoms with Gasteiger partial charge >= 0.3 is 12.1 Å². The number of likely N-dealkylation sites (tertiary alicyclic amines) is 1. The van der Waals surface area contributed by atoms with Crippen LogP contribution < -0.4 is 10.4 Å². The van der Waals surface area contributed by atoms with E-state index in [1.54, 1.807) is 0 Å². The number of benzene rings is 1. The van der Waals surface area contributed by atoms with Crippen molar-refractivity contribution in [3.8, 4) is 0 Å². The van der Waals surface area contributed by atoms with E-state index in [-0.39, 0.29) is 13.1 Å². The Bertz CT molecular complexity index is 1020. The number of hydrogen-bond donors (Lipinski definition) is 2. The molecule has 2 heterocycles. The van der Waals surface area contributed by atoms with E-state index in [9.17, 15) is 36.4 Å². The Morgan fingerprint density at radius 3 is 2.08 bits per heavy atom. The van der Waals surface area contributed by atoms with Crippen LogP contribution in [-0.2, 0) is 26.0 Å². The molecule has 1 aromatic carbocycles. The minimum Gasteiger partial charge on any atom is -0.369 e. The second-order valence-electron chi connectivity index (χ2n) is 9.24. The van der Waals surface area contributed by atoms with E-state index in [2.05, 4.69) is 19.1 Å². The van der Waals surface area contributed by atoms with Gasteiger partial charge in [-0.2, -0.15) is 17.5 Å².